The molecule has 0 fully saturated rings. The number of hydrogen-bond donors (Lipinski definition) is 2. The maximum atomic E-state index is 11.9. The highest BCUT2D eigenvalue weighted by atomic mass is 16.5. The van der Waals surface area contributed by atoms with E-state index in [1.54, 1.807) is 13.0 Å². The molecule has 2 heterocycles. The zero-order chi connectivity index (χ0) is 12.9. The van der Waals surface area contributed by atoms with E-state index >= 15 is 0 Å². The number of aryl methyl sites for hydroxylation is 1. The number of nitrogens with one attached hydrogen (secondary N) is 2. The van der Waals surface area contributed by atoms with Gasteiger partial charge in [-0.05, 0) is 26.0 Å². The molecule has 2 amide bonds. The number of benzene rings is 1. The van der Waals surface area contributed by atoms with Crippen molar-refractivity contribution in [1.29, 1.82) is 0 Å². The number of carbonyl (C=O) groups is 2. The topological polar surface area (TPSA) is 67.4 Å². The Morgan fingerprint density at radius 2 is 2.00 bits per heavy atom. The van der Waals surface area contributed by atoms with Crippen LogP contribution < -0.4 is 15.4 Å². The van der Waals surface area contributed by atoms with Crippen LogP contribution in [0.15, 0.2) is 29.5 Å². The molecule has 92 valence electrons. The van der Waals surface area contributed by atoms with Crippen molar-refractivity contribution in [3.8, 4) is 5.75 Å². The van der Waals surface area contributed by atoms with E-state index in [0.717, 1.165) is 11.1 Å². The maximum absolute atomic E-state index is 11.9. The predicted molar refractivity (Wildman–Crippen MR) is 63.9 cm³/mol. The van der Waals surface area contributed by atoms with Gasteiger partial charge in [0.05, 0.1) is 11.6 Å². The minimum absolute atomic E-state index is 0.302. The standard InChI is InChI=1S/C13H12N2O3/c1-6-3-4-9-8(5-6)11-10(12(16)18-9)7(2)14-13(17)15-11/h3-5,11H,1-2H3,(H2,14,15,17). The lowest BCUT2D eigenvalue weighted by atomic mass is 9.92. The summed E-state index contributed by atoms with van der Waals surface area (Å²) in [5.41, 5.74) is 2.88. The molecule has 2 aliphatic rings. The zero-order valence-electron chi connectivity index (χ0n) is 10.0. The Morgan fingerprint density at radius 3 is 2.78 bits per heavy atom. The van der Waals surface area contributed by atoms with Crippen LogP contribution in [0.25, 0.3) is 0 Å². The van der Waals surface area contributed by atoms with Crippen LogP contribution in [0.3, 0.4) is 0 Å². The number of allylic oxidation sites excluding steroid dienone is 1. The van der Waals surface area contributed by atoms with E-state index in [4.69, 9.17) is 4.74 Å². The van der Waals surface area contributed by atoms with Gasteiger partial charge in [0.25, 0.3) is 0 Å². The number of ether oxygens (including phenoxy) is 1. The monoisotopic (exact) mass is 244 g/mol. The number of rotatable bonds is 0. The van der Waals surface area contributed by atoms with Crippen LogP contribution in [0.1, 0.15) is 24.1 Å². The highest BCUT2D eigenvalue weighted by Crippen LogP contribution is 2.38. The first-order valence-corrected chi connectivity index (χ1v) is 5.67. The molecular formula is C13H12N2O3. The Morgan fingerprint density at radius 1 is 1.22 bits per heavy atom. The number of fused-ring (bicyclic) bond motifs is 3. The molecule has 1 aromatic carbocycles. The molecule has 0 spiro atoms. The van der Waals surface area contributed by atoms with Gasteiger partial charge in [-0.25, -0.2) is 9.59 Å². The first-order chi connectivity index (χ1) is 8.56. The second-order valence-electron chi connectivity index (χ2n) is 4.50. The molecule has 0 aromatic heterocycles. The Kier molecular flexibility index (Phi) is 2.16. The minimum Gasteiger partial charge on any atom is -0.423 e. The maximum Gasteiger partial charge on any atom is 0.343 e. The van der Waals surface area contributed by atoms with E-state index in [9.17, 15) is 9.59 Å². The fraction of sp³-hybridized carbons (Fsp3) is 0.231. The van der Waals surface area contributed by atoms with Crippen molar-refractivity contribution in [3.05, 3.63) is 40.6 Å². The summed E-state index contributed by atoms with van der Waals surface area (Å²) in [4.78, 5) is 23.4. The quantitative estimate of drug-likeness (QED) is 0.537. The van der Waals surface area contributed by atoms with E-state index < -0.39 is 12.0 Å². The Hall–Kier alpha value is -2.30. The summed E-state index contributed by atoms with van der Waals surface area (Å²) >= 11 is 0. The molecule has 0 saturated heterocycles. The number of urea groups is 1. The number of esters is 1. The minimum atomic E-state index is -0.421. The van der Waals surface area contributed by atoms with E-state index in [1.165, 1.54) is 0 Å². The molecular weight excluding hydrogens is 232 g/mol. The lowest BCUT2D eigenvalue weighted by Crippen LogP contribution is -2.47. The molecule has 1 aromatic rings. The second kappa shape index (κ2) is 3.60. The molecule has 1 unspecified atom stereocenters. The molecule has 5 heteroatoms. The van der Waals surface area contributed by atoms with Crippen LogP contribution in [0.4, 0.5) is 4.79 Å². The van der Waals surface area contributed by atoms with Crippen molar-refractivity contribution in [2.24, 2.45) is 0 Å². The molecule has 1 atom stereocenters. The molecule has 0 aliphatic carbocycles. The average Bonchev–Trinajstić information content (AvgIpc) is 2.29. The summed E-state index contributed by atoms with van der Waals surface area (Å²) in [5.74, 6) is 0.0932. The summed E-state index contributed by atoms with van der Waals surface area (Å²) in [5, 5.41) is 5.34. The van der Waals surface area contributed by atoms with Gasteiger partial charge in [-0.15, -0.1) is 0 Å². The van der Waals surface area contributed by atoms with E-state index in [2.05, 4.69) is 10.6 Å². The third-order valence-electron chi connectivity index (χ3n) is 3.17. The van der Waals surface area contributed by atoms with Gasteiger partial charge in [-0.1, -0.05) is 11.6 Å². The smallest absolute Gasteiger partial charge is 0.343 e. The van der Waals surface area contributed by atoms with Gasteiger partial charge >= 0.3 is 12.0 Å². The lowest BCUT2D eigenvalue weighted by Gasteiger charge is -2.32. The molecule has 2 N–H and O–H groups in total. The van der Waals surface area contributed by atoms with Gasteiger partial charge in [-0.3, -0.25) is 0 Å². The van der Waals surface area contributed by atoms with Crippen LogP contribution >= 0.6 is 0 Å². The fourth-order valence-electron chi connectivity index (χ4n) is 2.34. The number of amides is 2. The third kappa shape index (κ3) is 1.48. The Bertz CT molecular complexity index is 604. The van der Waals surface area contributed by atoms with Crippen LogP contribution in [0.2, 0.25) is 0 Å². The average molecular weight is 244 g/mol. The molecule has 0 saturated carbocycles. The Labute approximate surface area is 104 Å². The van der Waals surface area contributed by atoms with Gasteiger partial charge in [0.1, 0.15) is 5.75 Å². The van der Waals surface area contributed by atoms with E-state index in [1.807, 2.05) is 19.1 Å². The van der Waals surface area contributed by atoms with Gasteiger partial charge in [-0.2, -0.15) is 0 Å². The first-order valence-electron chi connectivity index (χ1n) is 5.67. The van der Waals surface area contributed by atoms with Crippen molar-refractivity contribution in [2.45, 2.75) is 19.9 Å². The summed E-state index contributed by atoms with van der Waals surface area (Å²) < 4.78 is 5.27. The SMILES string of the molecule is CC1=C2C(=O)Oc3ccc(C)cc3C2NC(=O)N1. The summed E-state index contributed by atoms with van der Waals surface area (Å²) in [6, 6.07) is 4.82. The molecule has 18 heavy (non-hydrogen) atoms. The van der Waals surface area contributed by atoms with Gasteiger partial charge < -0.3 is 15.4 Å². The van der Waals surface area contributed by atoms with Gasteiger partial charge in [0, 0.05) is 11.3 Å². The highest BCUT2D eigenvalue weighted by molar-refractivity contribution is 5.98. The molecule has 3 rings (SSSR count). The van der Waals surface area contributed by atoms with Crippen LogP contribution in [0, 0.1) is 6.92 Å². The van der Waals surface area contributed by atoms with Crippen LogP contribution in [-0.2, 0) is 4.79 Å². The van der Waals surface area contributed by atoms with Gasteiger partial charge in [0.2, 0.25) is 0 Å². The van der Waals surface area contributed by atoms with Crippen molar-refractivity contribution in [2.75, 3.05) is 0 Å². The molecule has 0 radical (unpaired) electrons. The molecule has 5 nitrogen and oxygen atoms in total. The normalized spacial score (nSPS) is 21.6. The second-order valence-corrected chi connectivity index (χ2v) is 4.50. The highest BCUT2D eigenvalue weighted by Gasteiger charge is 2.38. The summed E-state index contributed by atoms with van der Waals surface area (Å²) in [6.07, 6.45) is 0. The summed E-state index contributed by atoms with van der Waals surface area (Å²) in [6.45, 7) is 3.65. The van der Waals surface area contributed by atoms with Crippen molar-refractivity contribution < 1.29 is 14.3 Å². The molecule has 0 bridgehead atoms. The van der Waals surface area contributed by atoms with E-state index in [0.29, 0.717) is 17.0 Å². The number of hydrogen-bond acceptors (Lipinski definition) is 3. The van der Waals surface area contributed by atoms with Crippen molar-refractivity contribution in [3.63, 3.8) is 0 Å². The lowest BCUT2D eigenvalue weighted by molar-refractivity contribution is -0.131. The van der Waals surface area contributed by atoms with Crippen LogP contribution in [0.5, 0.6) is 5.75 Å². The van der Waals surface area contributed by atoms with Crippen molar-refractivity contribution >= 4 is 12.0 Å². The largest absolute Gasteiger partial charge is 0.423 e. The van der Waals surface area contributed by atoms with E-state index in [-0.39, 0.29) is 6.03 Å². The summed E-state index contributed by atoms with van der Waals surface area (Å²) in [7, 11) is 0. The van der Waals surface area contributed by atoms with Gasteiger partial charge in [0.15, 0.2) is 0 Å². The third-order valence-corrected chi connectivity index (χ3v) is 3.17. The molecule has 2 aliphatic heterocycles. The van der Waals surface area contributed by atoms with Crippen molar-refractivity contribution in [1.82, 2.24) is 10.6 Å². The van der Waals surface area contributed by atoms with Crippen LogP contribution in [-0.4, -0.2) is 12.0 Å². The first kappa shape index (κ1) is 10.8. The predicted octanol–water partition coefficient (Wildman–Crippen LogP) is 1.54. The number of carbonyl (C=O) groups excluding carboxylic acids is 2. The fourth-order valence-corrected chi connectivity index (χ4v) is 2.34. The Balaban J connectivity index is 2.21. The zero-order valence-corrected chi connectivity index (χ0v) is 10.0.